The van der Waals surface area contributed by atoms with Crippen molar-refractivity contribution in [3.8, 4) is 5.69 Å². The number of aryl methyl sites for hydroxylation is 1. The molecular weight excluding hydrogens is 382 g/mol. The summed E-state index contributed by atoms with van der Waals surface area (Å²) in [6.45, 7) is 2.03. The average Bonchev–Trinajstić information content (AvgIpc) is 3.25. The van der Waals surface area contributed by atoms with Crippen molar-refractivity contribution >= 4 is 33.3 Å². The number of aromatic nitrogens is 2. The fraction of sp³-hybridized carbons (Fsp3) is 0.130. The molecule has 6 heteroatoms. The molecule has 144 valence electrons. The van der Waals surface area contributed by atoms with E-state index in [1.807, 2.05) is 73.7 Å². The van der Waals surface area contributed by atoms with Gasteiger partial charge in [-0.25, -0.2) is 4.68 Å². The molecule has 29 heavy (non-hydrogen) atoms. The predicted molar refractivity (Wildman–Crippen MR) is 116 cm³/mol. The molecule has 1 aliphatic heterocycles. The smallest absolute Gasteiger partial charge is 0.256 e. The molecule has 0 saturated heterocycles. The average molecular weight is 401 g/mol. The molecule has 0 spiro atoms. The van der Waals surface area contributed by atoms with E-state index >= 15 is 0 Å². The lowest BCUT2D eigenvalue weighted by Crippen LogP contribution is -2.16. The van der Waals surface area contributed by atoms with Crippen LogP contribution in [-0.2, 0) is 22.3 Å². The Labute approximate surface area is 170 Å². The number of hydrogen-bond acceptors (Lipinski definition) is 3. The van der Waals surface area contributed by atoms with Gasteiger partial charge in [0.1, 0.15) is 5.82 Å². The Morgan fingerprint density at radius 2 is 1.76 bits per heavy atom. The van der Waals surface area contributed by atoms with Crippen LogP contribution in [0.2, 0.25) is 0 Å². The Morgan fingerprint density at radius 3 is 2.55 bits per heavy atom. The maximum atomic E-state index is 13.0. The molecule has 1 unspecified atom stereocenters. The number of rotatable bonds is 3. The summed E-state index contributed by atoms with van der Waals surface area (Å²) in [6, 6.07) is 21.6. The van der Waals surface area contributed by atoms with Crippen LogP contribution in [0.4, 0.5) is 5.82 Å². The normalized spacial score (nSPS) is 15.4. The number of fused-ring (bicyclic) bond motifs is 2. The van der Waals surface area contributed by atoms with Crippen LogP contribution in [0.5, 0.6) is 0 Å². The van der Waals surface area contributed by atoms with Gasteiger partial charge in [-0.1, -0.05) is 48.0 Å². The van der Waals surface area contributed by atoms with Crippen LogP contribution in [0, 0.1) is 6.92 Å². The van der Waals surface area contributed by atoms with E-state index in [1.54, 1.807) is 4.68 Å². The fourth-order valence-corrected chi connectivity index (χ4v) is 4.90. The Bertz CT molecular complexity index is 1280. The monoisotopic (exact) mass is 401 g/mol. The number of carbonyl (C=O) groups excluding carboxylic acids is 1. The lowest BCUT2D eigenvalue weighted by atomic mass is 10.1. The first-order valence-corrected chi connectivity index (χ1v) is 10.9. The van der Waals surface area contributed by atoms with E-state index in [0.29, 0.717) is 22.9 Å². The predicted octanol–water partition coefficient (Wildman–Crippen LogP) is 4.35. The Hall–Kier alpha value is -3.25. The molecule has 1 atom stereocenters. The number of benzene rings is 3. The minimum atomic E-state index is -0.972. The van der Waals surface area contributed by atoms with Gasteiger partial charge in [-0.05, 0) is 42.0 Å². The van der Waals surface area contributed by atoms with Crippen molar-refractivity contribution in [3.63, 3.8) is 0 Å². The molecule has 0 radical (unpaired) electrons. The number of hydrogen-bond donors (Lipinski definition) is 1. The molecule has 0 bridgehead atoms. The van der Waals surface area contributed by atoms with Crippen molar-refractivity contribution < 1.29 is 9.00 Å². The van der Waals surface area contributed by atoms with E-state index in [2.05, 4.69) is 10.4 Å². The largest absolute Gasteiger partial charge is 0.306 e. The van der Waals surface area contributed by atoms with Gasteiger partial charge in [-0.15, -0.1) is 0 Å². The molecule has 4 aromatic rings. The third-order valence-corrected chi connectivity index (χ3v) is 6.40. The maximum Gasteiger partial charge on any atom is 0.256 e. The van der Waals surface area contributed by atoms with E-state index in [1.165, 1.54) is 0 Å². The van der Waals surface area contributed by atoms with Gasteiger partial charge >= 0.3 is 0 Å². The molecule has 2 heterocycles. The summed E-state index contributed by atoms with van der Waals surface area (Å²) in [5, 5.41) is 9.78. The maximum absolute atomic E-state index is 13.0. The van der Waals surface area contributed by atoms with E-state index in [-0.39, 0.29) is 5.91 Å². The second kappa shape index (κ2) is 6.97. The van der Waals surface area contributed by atoms with E-state index < -0.39 is 10.8 Å². The third-order valence-electron chi connectivity index (χ3n) is 5.19. The summed E-state index contributed by atoms with van der Waals surface area (Å²) in [5.74, 6) is 1.24. The number of carbonyl (C=O) groups is 1. The summed E-state index contributed by atoms with van der Waals surface area (Å²) < 4.78 is 13.8. The van der Waals surface area contributed by atoms with Gasteiger partial charge in [-0.2, -0.15) is 5.10 Å². The standard InChI is InChI=1S/C23H19N3O2S/c1-15-6-10-19(11-7-15)26-22(20-13-29(28)14-21(20)25-26)24-23(27)18-9-8-16-4-2-3-5-17(16)12-18/h2-12H,13-14H2,1H3,(H,24,27). The molecule has 1 amide bonds. The fourth-order valence-electron chi connectivity index (χ4n) is 3.64. The van der Waals surface area contributed by atoms with Crippen LogP contribution in [0.15, 0.2) is 66.7 Å². The lowest BCUT2D eigenvalue weighted by Gasteiger charge is -2.12. The zero-order valence-electron chi connectivity index (χ0n) is 15.9. The summed E-state index contributed by atoms with van der Waals surface area (Å²) in [7, 11) is -0.972. The minimum Gasteiger partial charge on any atom is -0.306 e. The number of nitrogens with zero attached hydrogens (tertiary/aromatic N) is 2. The summed E-state index contributed by atoms with van der Waals surface area (Å²) in [4.78, 5) is 13.0. The molecule has 0 fully saturated rings. The van der Waals surface area contributed by atoms with Crippen LogP contribution in [-0.4, -0.2) is 19.9 Å². The van der Waals surface area contributed by atoms with Crippen LogP contribution < -0.4 is 5.32 Å². The number of amides is 1. The summed E-state index contributed by atoms with van der Waals surface area (Å²) in [6.07, 6.45) is 0. The van der Waals surface area contributed by atoms with E-state index in [0.717, 1.165) is 33.3 Å². The van der Waals surface area contributed by atoms with Gasteiger partial charge in [0.15, 0.2) is 0 Å². The highest BCUT2D eigenvalue weighted by Gasteiger charge is 2.28. The topological polar surface area (TPSA) is 64.0 Å². The van der Waals surface area contributed by atoms with Gasteiger partial charge in [0.25, 0.3) is 5.91 Å². The third kappa shape index (κ3) is 3.25. The van der Waals surface area contributed by atoms with Gasteiger partial charge < -0.3 is 5.32 Å². The van der Waals surface area contributed by atoms with Gasteiger partial charge in [0.2, 0.25) is 0 Å². The highest BCUT2D eigenvalue weighted by atomic mass is 32.2. The number of anilines is 1. The first-order chi connectivity index (χ1) is 14.1. The zero-order chi connectivity index (χ0) is 20.0. The quantitative estimate of drug-likeness (QED) is 0.555. The van der Waals surface area contributed by atoms with Crippen molar-refractivity contribution in [2.75, 3.05) is 5.32 Å². The molecule has 0 saturated carbocycles. The highest BCUT2D eigenvalue weighted by molar-refractivity contribution is 7.83. The zero-order valence-corrected chi connectivity index (χ0v) is 16.7. The van der Waals surface area contributed by atoms with Crippen molar-refractivity contribution in [1.29, 1.82) is 0 Å². The van der Waals surface area contributed by atoms with Crippen molar-refractivity contribution in [1.82, 2.24) is 9.78 Å². The second-order valence-corrected chi connectivity index (χ2v) is 8.72. The molecule has 3 aromatic carbocycles. The molecule has 5 rings (SSSR count). The van der Waals surface area contributed by atoms with Crippen LogP contribution in [0.3, 0.4) is 0 Å². The minimum absolute atomic E-state index is 0.204. The van der Waals surface area contributed by atoms with Crippen LogP contribution in [0.25, 0.3) is 16.5 Å². The first kappa shape index (κ1) is 17.8. The Morgan fingerprint density at radius 1 is 1.00 bits per heavy atom. The summed E-state index contributed by atoms with van der Waals surface area (Å²) in [5.41, 5.74) is 4.24. The second-order valence-electron chi connectivity index (χ2n) is 7.27. The van der Waals surface area contributed by atoms with E-state index in [4.69, 9.17) is 0 Å². The molecule has 1 N–H and O–H groups in total. The molecular formula is C23H19N3O2S. The van der Waals surface area contributed by atoms with Crippen molar-refractivity contribution in [2.45, 2.75) is 18.4 Å². The molecule has 1 aliphatic rings. The Kier molecular flexibility index (Phi) is 4.28. The molecule has 0 aliphatic carbocycles. The lowest BCUT2D eigenvalue weighted by molar-refractivity contribution is 0.102. The SMILES string of the molecule is Cc1ccc(-n2nc3c(c2NC(=O)c2ccc4ccccc4c2)CS(=O)C3)cc1. The Balaban J connectivity index is 1.55. The van der Waals surface area contributed by atoms with Crippen molar-refractivity contribution in [2.24, 2.45) is 0 Å². The van der Waals surface area contributed by atoms with Gasteiger partial charge in [0.05, 0.1) is 22.9 Å². The van der Waals surface area contributed by atoms with Gasteiger partial charge in [-0.3, -0.25) is 9.00 Å². The van der Waals surface area contributed by atoms with Crippen molar-refractivity contribution in [3.05, 3.63) is 89.1 Å². The van der Waals surface area contributed by atoms with Gasteiger partial charge in [0, 0.05) is 21.9 Å². The summed E-state index contributed by atoms with van der Waals surface area (Å²) >= 11 is 0. The van der Waals surface area contributed by atoms with Crippen LogP contribution in [0.1, 0.15) is 27.2 Å². The highest BCUT2D eigenvalue weighted by Crippen LogP contribution is 2.32. The number of nitrogens with one attached hydrogen (secondary N) is 1. The first-order valence-electron chi connectivity index (χ1n) is 9.41. The van der Waals surface area contributed by atoms with E-state index in [9.17, 15) is 9.00 Å². The molecule has 1 aromatic heterocycles. The molecule has 5 nitrogen and oxygen atoms in total. The van der Waals surface area contributed by atoms with Crippen LogP contribution >= 0.6 is 0 Å².